The van der Waals surface area contributed by atoms with Crippen molar-refractivity contribution in [1.29, 1.82) is 0 Å². The van der Waals surface area contributed by atoms with Gasteiger partial charge < -0.3 is 10.6 Å². The molecule has 0 aliphatic rings. The lowest BCUT2D eigenvalue weighted by Crippen LogP contribution is -2.29. The zero-order valence-electron chi connectivity index (χ0n) is 15.3. The Morgan fingerprint density at radius 3 is 2.59 bits per heavy atom. The van der Waals surface area contributed by atoms with Gasteiger partial charge >= 0.3 is 0 Å². The fourth-order valence-electron chi connectivity index (χ4n) is 2.48. The van der Waals surface area contributed by atoms with Crippen LogP contribution in [0.2, 0.25) is 0 Å². The largest absolute Gasteiger partial charge is 0.367 e. The molecular formula is C18H20FN7O. The topological polar surface area (TPSA) is 97.6 Å². The van der Waals surface area contributed by atoms with Gasteiger partial charge in [-0.3, -0.25) is 9.78 Å². The molecule has 0 fully saturated rings. The van der Waals surface area contributed by atoms with E-state index in [0.717, 1.165) is 29.2 Å². The van der Waals surface area contributed by atoms with Gasteiger partial charge in [0, 0.05) is 25.0 Å². The molecule has 0 unspecified atom stereocenters. The molecule has 2 N–H and O–H groups in total. The fourth-order valence-corrected chi connectivity index (χ4v) is 2.48. The number of rotatable bonds is 6. The van der Waals surface area contributed by atoms with Crippen molar-refractivity contribution in [2.45, 2.75) is 20.8 Å². The smallest absolute Gasteiger partial charge is 0.253 e. The van der Waals surface area contributed by atoms with Crippen molar-refractivity contribution in [3.63, 3.8) is 0 Å². The molecular weight excluding hydrogens is 349 g/mol. The van der Waals surface area contributed by atoms with Gasteiger partial charge in [-0.25, -0.2) is 9.07 Å². The minimum absolute atomic E-state index is 0.180. The van der Waals surface area contributed by atoms with Crippen molar-refractivity contribution in [2.75, 3.05) is 18.4 Å². The molecule has 8 nitrogen and oxygen atoms in total. The number of carbonyl (C=O) groups excluding carboxylic acids is 1. The van der Waals surface area contributed by atoms with Crippen LogP contribution in [-0.4, -0.2) is 44.0 Å². The summed E-state index contributed by atoms with van der Waals surface area (Å²) >= 11 is 0. The Hall–Kier alpha value is -3.36. The maximum absolute atomic E-state index is 13.1. The van der Waals surface area contributed by atoms with Crippen LogP contribution in [0, 0.1) is 26.6 Å². The minimum Gasteiger partial charge on any atom is -0.367 e. The molecule has 9 heteroatoms. The first-order chi connectivity index (χ1) is 13.0. The van der Waals surface area contributed by atoms with Crippen molar-refractivity contribution in [2.24, 2.45) is 0 Å². The van der Waals surface area contributed by atoms with E-state index in [9.17, 15) is 9.18 Å². The number of anilines is 1. The summed E-state index contributed by atoms with van der Waals surface area (Å²) < 4.78 is 14.8. The molecule has 0 aliphatic heterocycles. The SMILES string of the molecule is Cc1nn(-c2ccc(NCCNC(=O)c3cncc(F)c3)nn2)c(C)c1C. The van der Waals surface area contributed by atoms with E-state index in [1.807, 2.05) is 26.8 Å². The third-order valence-electron chi connectivity index (χ3n) is 4.20. The predicted octanol–water partition coefficient (Wildman–Crippen LogP) is 1.96. The van der Waals surface area contributed by atoms with Crippen molar-refractivity contribution in [1.82, 2.24) is 30.3 Å². The van der Waals surface area contributed by atoms with Crippen LogP contribution in [-0.2, 0) is 0 Å². The summed E-state index contributed by atoms with van der Waals surface area (Å²) in [6, 6.07) is 4.76. The second kappa shape index (κ2) is 7.90. The summed E-state index contributed by atoms with van der Waals surface area (Å²) in [5, 5.41) is 18.5. The normalized spacial score (nSPS) is 10.7. The number of nitrogens with zero attached hydrogens (tertiary/aromatic N) is 5. The molecule has 0 saturated carbocycles. The van der Waals surface area contributed by atoms with Gasteiger partial charge in [0.2, 0.25) is 0 Å². The van der Waals surface area contributed by atoms with Crippen molar-refractivity contribution in [3.8, 4) is 5.82 Å². The van der Waals surface area contributed by atoms with E-state index in [0.29, 0.717) is 24.7 Å². The maximum Gasteiger partial charge on any atom is 0.253 e. The van der Waals surface area contributed by atoms with Crippen LogP contribution >= 0.6 is 0 Å². The monoisotopic (exact) mass is 369 g/mol. The van der Waals surface area contributed by atoms with Gasteiger partial charge in [0.15, 0.2) is 5.82 Å². The van der Waals surface area contributed by atoms with Gasteiger partial charge in [-0.05, 0) is 44.5 Å². The standard InChI is InChI=1S/C18H20FN7O/c1-11-12(2)25-26(13(11)3)17-5-4-16(23-24-17)21-6-7-22-18(27)14-8-15(19)10-20-9-14/h4-5,8-10H,6-7H2,1-3H3,(H,21,23)(H,22,27). The molecule has 0 spiro atoms. The van der Waals surface area contributed by atoms with Crippen molar-refractivity contribution >= 4 is 11.7 Å². The Bertz CT molecular complexity index is 953. The number of hydrogen-bond acceptors (Lipinski definition) is 6. The first-order valence-electron chi connectivity index (χ1n) is 8.45. The molecule has 27 heavy (non-hydrogen) atoms. The Kier molecular flexibility index (Phi) is 5.39. The molecule has 3 rings (SSSR count). The molecule has 0 aliphatic carbocycles. The van der Waals surface area contributed by atoms with Crippen LogP contribution in [0.4, 0.5) is 10.2 Å². The molecule has 0 bridgehead atoms. The summed E-state index contributed by atoms with van der Waals surface area (Å²) in [7, 11) is 0. The average Bonchev–Trinajstić information content (AvgIpc) is 2.93. The zero-order chi connectivity index (χ0) is 19.4. The highest BCUT2D eigenvalue weighted by molar-refractivity contribution is 5.93. The first kappa shape index (κ1) is 18.4. The number of carbonyl (C=O) groups is 1. The Morgan fingerprint density at radius 1 is 1.15 bits per heavy atom. The molecule has 3 aromatic heterocycles. The second-order valence-electron chi connectivity index (χ2n) is 6.06. The lowest BCUT2D eigenvalue weighted by molar-refractivity contribution is 0.0954. The van der Waals surface area contributed by atoms with E-state index in [1.165, 1.54) is 6.20 Å². The third-order valence-corrected chi connectivity index (χ3v) is 4.20. The molecule has 140 valence electrons. The Morgan fingerprint density at radius 2 is 1.96 bits per heavy atom. The van der Waals surface area contributed by atoms with Crippen LogP contribution < -0.4 is 10.6 Å². The van der Waals surface area contributed by atoms with Crippen LogP contribution in [0.5, 0.6) is 0 Å². The number of aromatic nitrogens is 5. The maximum atomic E-state index is 13.1. The first-order valence-corrected chi connectivity index (χ1v) is 8.45. The van der Waals surface area contributed by atoms with Gasteiger partial charge in [-0.1, -0.05) is 0 Å². The summed E-state index contributed by atoms with van der Waals surface area (Å²) in [6.07, 6.45) is 2.37. The predicted molar refractivity (Wildman–Crippen MR) is 98.4 cm³/mol. The number of halogens is 1. The Labute approximate surface area is 155 Å². The number of hydrogen-bond donors (Lipinski definition) is 2. The summed E-state index contributed by atoms with van der Waals surface area (Å²) in [4.78, 5) is 15.5. The van der Waals surface area contributed by atoms with Crippen LogP contribution in [0.1, 0.15) is 27.3 Å². The van der Waals surface area contributed by atoms with E-state index >= 15 is 0 Å². The lowest BCUT2D eigenvalue weighted by Gasteiger charge is -2.08. The quantitative estimate of drug-likeness (QED) is 0.645. The molecule has 3 heterocycles. The van der Waals surface area contributed by atoms with Crippen LogP contribution in [0.25, 0.3) is 5.82 Å². The molecule has 0 saturated heterocycles. The summed E-state index contributed by atoms with van der Waals surface area (Å²) in [6.45, 7) is 6.75. The third kappa shape index (κ3) is 4.25. The number of nitrogens with one attached hydrogen (secondary N) is 2. The molecule has 0 aromatic carbocycles. The highest BCUT2D eigenvalue weighted by atomic mass is 19.1. The van der Waals surface area contributed by atoms with Gasteiger partial charge in [0.1, 0.15) is 11.6 Å². The van der Waals surface area contributed by atoms with E-state index in [1.54, 1.807) is 10.7 Å². The summed E-state index contributed by atoms with van der Waals surface area (Å²) in [5.41, 5.74) is 3.29. The fraction of sp³-hybridized carbons (Fsp3) is 0.278. The van der Waals surface area contributed by atoms with E-state index in [4.69, 9.17) is 0 Å². The van der Waals surface area contributed by atoms with Gasteiger partial charge in [-0.2, -0.15) is 5.10 Å². The van der Waals surface area contributed by atoms with Gasteiger partial charge in [0.25, 0.3) is 5.91 Å². The molecule has 0 radical (unpaired) electrons. The minimum atomic E-state index is -0.547. The average molecular weight is 369 g/mol. The number of pyridine rings is 1. The van der Waals surface area contributed by atoms with Crippen LogP contribution in [0.15, 0.2) is 30.6 Å². The number of amides is 1. The highest BCUT2D eigenvalue weighted by Gasteiger charge is 2.10. The summed E-state index contributed by atoms with van der Waals surface area (Å²) in [5.74, 6) is 0.291. The van der Waals surface area contributed by atoms with Gasteiger partial charge in [0.05, 0.1) is 17.5 Å². The van der Waals surface area contributed by atoms with E-state index in [2.05, 4.69) is 30.9 Å². The second-order valence-corrected chi connectivity index (χ2v) is 6.06. The Balaban J connectivity index is 1.52. The van der Waals surface area contributed by atoms with Crippen molar-refractivity contribution < 1.29 is 9.18 Å². The molecule has 0 atom stereocenters. The van der Waals surface area contributed by atoms with E-state index in [-0.39, 0.29) is 11.5 Å². The van der Waals surface area contributed by atoms with Crippen molar-refractivity contribution in [3.05, 3.63) is 58.9 Å². The number of aryl methyl sites for hydroxylation is 1. The lowest BCUT2D eigenvalue weighted by atomic mass is 10.2. The van der Waals surface area contributed by atoms with E-state index < -0.39 is 5.82 Å². The molecule has 3 aromatic rings. The molecule has 1 amide bonds. The van der Waals surface area contributed by atoms with Gasteiger partial charge in [-0.15, -0.1) is 10.2 Å². The zero-order valence-corrected chi connectivity index (χ0v) is 15.3. The van der Waals surface area contributed by atoms with Crippen LogP contribution in [0.3, 0.4) is 0 Å². The highest BCUT2D eigenvalue weighted by Crippen LogP contribution is 2.15.